The highest BCUT2D eigenvalue weighted by atomic mass is 32.1. The van der Waals surface area contributed by atoms with Crippen LogP contribution in [0.4, 0.5) is 0 Å². The number of amides is 1. The van der Waals surface area contributed by atoms with E-state index in [4.69, 9.17) is 5.73 Å². The number of likely N-dealkylation sites (tertiary alicyclic amines) is 1. The number of carbonyl (C=O) groups excluding carboxylic acids is 1. The summed E-state index contributed by atoms with van der Waals surface area (Å²) < 4.78 is 0. The van der Waals surface area contributed by atoms with Crippen LogP contribution in [0.25, 0.3) is 0 Å². The molecular weight excluding hydrogens is 406 g/mol. The summed E-state index contributed by atoms with van der Waals surface area (Å²) in [6.45, 7) is 6.49. The zero-order valence-corrected chi connectivity index (χ0v) is 19.5. The fraction of sp³-hybridized carbons (Fsp3) is 0.500. The minimum Gasteiger partial charge on any atom is -0.369 e. The zero-order valence-electron chi connectivity index (χ0n) is 18.6. The van der Waals surface area contributed by atoms with Gasteiger partial charge in [-0.1, -0.05) is 37.3 Å². The van der Waals surface area contributed by atoms with E-state index in [1.54, 1.807) is 7.05 Å². The largest absolute Gasteiger partial charge is 0.369 e. The van der Waals surface area contributed by atoms with E-state index in [9.17, 15) is 4.79 Å². The number of primary amides is 1. The molecule has 31 heavy (non-hydrogen) atoms. The van der Waals surface area contributed by atoms with Gasteiger partial charge in [0.1, 0.15) is 0 Å². The molecule has 1 fully saturated rings. The molecule has 168 valence electrons. The molecule has 0 bridgehead atoms. The van der Waals surface area contributed by atoms with Crippen LogP contribution in [-0.4, -0.2) is 43.4 Å². The predicted molar refractivity (Wildman–Crippen MR) is 129 cm³/mol. The topological polar surface area (TPSA) is 82.8 Å². The predicted octanol–water partition coefficient (Wildman–Crippen LogP) is 2.99. The van der Waals surface area contributed by atoms with E-state index in [0.717, 1.165) is 57.9 Å². The molecule has 2 heterocycles. The third-order valence-corrected chi connectivity index (χ3v) is 6.64. The first kappa shape index (κ1) is 23.3. The first-order chi connectivity index (χ1) is 15.0. The summed E-state index contributed by atoms with van der Waals surface area (Å²) in [5.41, 5.74) is 7.99. The lowest BCUT2D eigenvalue weighted by Crippen LogP contribution is -2.40. The summed E-state index contributed by atoms with van der Waals surface area (Å²) in [5, 5.41) is 8.99. The van der Waals surface area contributed by atoms with Gasteiger partial charge in [-0.15, -0.1) is 11.3 Å². The number of thiophene rings is 1. The lowest BCUT2D eigenvalue weighted by atomic mass is 9.97. The molecule has 3 rings (SSSR count). The molecule has 2 unspecified atom stereocenters. The van der Waals surface area contributed by atoms with Crippen molar-refractivity contribution in [3.8, 4) is 0 Å². The van der Waals surface area contributed by atoms with E-state index in [1.807, 2.05) is 11.3 Å². The number of hydrogen-bond donors (Lipinski definition) is 3. The normalized spacial score (nSPS) is 18.5. The average molecular weight is 442 g/mol. The highest BCUT2D eigenvalue weighted by Crippen LogP contribution is 2.19. The van der Waals surface area contributed by atoms with Gasteiger partial charge in [-0.25, -0.2) is 0 Å². The Bertz CT molecular complexity index is 851. The molecule has 0 saturated carbocycles. The second-order valence-electron chi connectivity index (χ2n) is 8.49. The Morgan fingerprint density at radius 1 is 1.29 bits per heavy atom. The van der Waals surface area contributed by atoms with Crippen LogP contribution >= 0.6 is 11.3 Å². The van der Waals surface area contributed by atoms with E-state index < -0.39 is 0 Å². The maximum absolute atomic E-state index is 11.5. The Labute approximate surface area is 189 Å². The van der Waals surface area contributed by atoms with Crippen LogP contribution in [0.5, 0.6) is 0 Å². The fourth-order valence-corrected chi connectivity index (χ4v) is 4.92. The number of rotatable bonds is 9. The summed E-state index contributed by atoms with van der Waals surface area (Å²) in [7, 11) is 1.81. The zero-order chi connectivity index (χ0) is 22.1. The van der Waals surface area contributed by atoms with Gasteiger partial charge in [-0.05, 0) is 54.3 Å². The quantitative estimate of drug-likeness (QED) is 0.413. The van der Waals surface area contributed by atoms with Crippen LogP contribution in [0.3, 0.4) is 0 Å². The molecule has 0 spiro atoms. The number of benzene rings is 1. The van der Waals surface area contributed by atoms with Gasteiger partial charge in [0.25, 0.3) is 0 Å². The van der Waals surface area contributed by atoms with E-state index in [1.165, 1.54) is 16.0 Å². The summed E-state index contributed by atoms with van der Waals surface area (Å²) in [6.07, 6.45) is 3.02. The molecule has 4 N–H and O–H groups in total. The Balaban J connectivity index is 1.45. The molecule has 1 aromatic heterocycles. The molecule has 1 aromatic carbocycles. The molecule has 1 aliphatic heterocycles. The lowest BCUT2D eigenvalue weighted by molar-refractivity contribution is -0.123. The summed E-state index contributed by atoms with van der Waals surface area (Å²) >= 11 is 1.81. The lowest BCUT2D eigenvalue weighted by Gasteiger charge is -2.31. The van der Waals surface area contributed by atoms with Crippen LogP contribution in [0.1, 0.15) is 35.8 Å². The van der Waals surface area contributed by atoms with Gasteiger partial charge >= 0.3 is 0 Å². The smallest absolute Gasteiger partial charge is 0.221 e. The van der Waals surface area contributed by atoms with Crippen LogP contribution in [0.15, 0.2) is 46.8 Å². The molecule has 2 aromatic rings. The molecule has 6 nitrogen and oxygen atoms in total. The van der Waals surface area contributed by atoms with Gasteiger partial charge in [-0.2, -0.15) is 0 Å². The van der Waals surface area contributed by atoms with Crippen molar-refractivity contribution in [2.45, 2.75) is 39.3 Å². The molecule has 7 heteroatoms. The van der Waals surface area contributed by atoms with Crippen LogP contribution in [0, 0.1) is 11.8 Å². The van der Waals surface area contributed by atoms with Gasteiger partial charge in [0.2, 0.25) is 5.91 Å². The van der Waals surface area contributed by atoms with Crippen LogP contribution < -0.4 is 16.4 Å². The molecule has 2 atom stereocenters. The fourth-order valence-electron chi connectivity index (χ4n) is 4.05. The second-order valence-corrected chi connectivity index (χ2v) is 9.52. The van der Waals surface area contributed by atoms with E-state index in [0.29, 0.717) is 5.92 Å². The standard InChI is InChI=1S/C24H35N5OS/c1-18(12-22-9-5-11-31-22)14-27-24(26-2)28-15-19-6-3-7-20(13-19)16-29-10-4-8-21(17-29)23(25)30/h3,5-7,9,11,13,18,21H,4,8,10,12,14-17H2,1-2H3,(H2,25,30)(H2,26,27,28). The molecule has 1 aliphatic rings. The van der Waals surface area contributed by atoms with Crippen molar-refractivity contribution in [2.24, 2.45) is 22.6 Å². The van der Waals surface area contributed by atoms with Crippen molar-refractivity contribution in [3.05, 3.63) is 57.8 Å². The van der Waals surface area contributed by atoms with Gasteiger partial charge < -0.3 is 16.4 Å². The molecular formula is C24H35N5OS. The van der Waals surface area contributed by atoms with Crippen LogP contribution in [0.2, 0.25) is 0 Å². The van der Waals surface area contributed by atoms with Crippen molar-refractivity contribution in [3.63, 3.8) is 0 Å². The first-order valence-corrected chi connectivity index (χ1v) is 12.0. The summed E-state index contributed by atoms with van der Waals surface area (Å²) in [4.78, 5) is 19.6. The number of nitrogens with zero attached hydrogens (tertiary/aromatic N) is 2. The number of nitrogens with one attached hydrogen (secondary N) is 2. The minimum atomic E-state index is -0.175. The van der Waals surface area contributed by atoms with Crippen molar-refractivity contribution in [2.75, 3.05) is 26.7 Å². The average Bonchev–Trinajstić information content (AvgIpc) is 3.27. The van der Waals surface area contributed by atoms with E-state index in [-0.39, 0.29) is 11.8 Å². The van der Waals surface area contributed by atoms with Gasteiger partial charge in [0.05, 0.1) is 5.92 Å². The Morgan fingerprint density at radius 3 is 2.87 bits per heavy atom. The molecule has 0 aliphatic carbocycles. The van der Waals surface area contributed by atoms with Crippen LogP contribution in [-0.2, 0) is 24.3 Å². The number of piperidine rings is 1. The van der Waals surface area contributed by atoms with Crippen molar-refractivity contribution in [1.82, 2.24) is 15.5 Å². The van der Waals surface area contributed by atoms with Crippen molar-refractivity contribution in [1.29, 1.82) is 0 Å². The third kappa shape index (κ3) is 7.67. The maximum atomic E-state index is 11.5. The van der Waals surface area contributed by atoms with E-state index >= 15 is 0 Å². The number of guanidine groups is 1. The number of nitrogens with two attached hydrogens (primary N) is 1. The van der Waals surface area contributed by atoms with Crippen molar-refractivity contribution < 1.29 is 4.79 Å². The van der Waals surface area contributed by atoms with Crippen molar-refractivity contribution >= 4 is 23.2 Å². The Morgan fingerprint density at radius 2 is 2.13 bits per heavy atom. The van der Waals surface area contributed by atoms with Gasteiger partial charge in [0, 0.05) is 38.1 Å². The molecule has 1 amide bonds. The second kappa shape index (κ2) is 11.9. The van der Waals surface area contributed by atoms with Gasteiger partial charge in [-0.3, -0.25) is 14.7 Å². The van der Waals surface area contributed by atoms with E-state index in [2.05, 4.69) is 69.2 Å². The summed E-state index contributed by atoms with van der Waals surface area (Å²) in [6, 6.07) is 12.9. The van der Waals surface area contributed by atoms with Gasteiger partial charge in [0.15, 0.2) is 5.96 Å². The Hall–Kier alpha value is -2.38. The number of aliphatic imine (C=N–C) groups is 1. The number of carbonyl (C=O) groups is 1. The molecule has 0 radical (unpaired) electrons. The monoisotopic (exact) mass is 441 g/mol. The molecule has 1 saturated heterocycles. The Kier molecular flexibility index (Phi) is 8.91. The number of hydrogen-bond acceptors (Lipinski definition) is 4. The summed E-state index contributed by atoms with van der Waals surface area (Å²) in [5.74, 6) is 1.17. The SMILES string of the molecule is CN=C(NCc1cccc(CN2CCCC(C(N)=O)C2)c1)NCC(C)Cc1cccs1. The highest BCUT2D eigenvalue weighted by Gasteiger charge is 2.23. The maximum Gasteiger partial charge on any atom is 0.221 e. The minimum absolute atomic E-state index is 0.0183. The first-order valence-electron chi connectivity index (χ1n) is 11.1. The third-order valence-electron chi connectivity index (χ3n) is 5.74. The highest BCUT2D eigenvalue weighted by molar-refractivity contribution is 7.09.